The Morgan fingerprint density at radius 3 is 0.973 bits per heavy atom. The molecule has 12 aromatic carbocycles. The van der Waals surface area contributed by atoms with E-state index in [1.165, 1.54) is 99.4 Å². The van der Waals surface area contributed by atoms with Gasteiger partial charge >= 0.3 is 0 Å². The van der Waals surface area contributed by atoms with Gasteiger partial charge in [0.2, 0.25) is 0 Å². The average Bonchev–Trinajstić information content (AvgIpc) is 3.94. The molecule has 0 N–H and O–H groups in total. The zero-order chi connectivity index (χ0) is 50.6. The summed E-state index contributed by atoms with van der Waals surface area (Å²) < 4.78 is 0. The molecular formula is C73H56N2. The van der Waals surface area contributed by atoms with E-state index < -0.39 is 5.41 Å². The molecule has 0 aromatic heterocycles. The van der Waals surface area contributed by atoms with Crippen LogP contribution in [-0.4, -0.2) is 0 Å². The van der Waals surface area contributed by atoms with Crippen molar-refractivity contribution in [3.8, 4) is 33.4 Å². The van der Waals surface area contributed by atoms with E-state index in [1.807, 2.05) is 0 Å². The smallest absolute Gasteiger partial charge is 0.0713 e. The summed E-state index contributed by atoms with van der Waals surface area (Å²) in [6, 6.07) is 99.6. The number of aryl methyl sites for hydroxylation is 4. The monoisotopic (exact) mass is 960 g/mol. The minimum Gasteiger partial charge on any atom is -0.311 e. The summed E-state index contributed by atoms with van der Waals surface area (Å²) in [5.41, 5.74) is 23.3. The molecule has 0 amide bonds. The van der Waals surface area contributed by atoms with E-state index in [0.717, 1.165) is 34.1 Å². The number of hydrogen-bond donors (Lipinski definition) is 0. The molecule has 0 spiro atoms. The van der Waals surface area contributed by atoms with Crippen LogP contribution in [0.5, 0.6) is 0 Å². The Bertz CT molecular complexity index is 3760. The van der Waals surface area contributed by atoms with Crippen LogP contribution in [0.2, 0.25) is 0 Å². The van der Waals surface area contributed by atoms with Gasteiger partial charge in [-0.2, -0.15) is 0 Å². The highest BCUT2D eigenvalue weighted by molar-refractivity contribution is 6.21. The van der Waals surface area contributed by atoms with Crippen LogP contribution in [-0.2, 0) is 5.41 Å². The van der Waals surface area contributed by atoms with E-state index in [0.29, 0.717) is 0 Å². The highest BCUT2D eigenvalue weighted by Gasteiger charge is 2.46. The normalized spacial score (nSPS) is 12.4. The molecule has 2 nitrogen and oxygen atoms in total. The van der Waals surface area contributed by atoms with Gasteiger partial charge in [-0.3, -0.25) is 0 Å². The summed E-state index contributed by atoms with van der Waals surface area (Å²) >= 11 is 0. The largest absolute Gasteiger partial charge is 0.311 e. The van der Waals surface area contributed by atoms with Crippen molar-refractivity contribution in [2.45, 2.75) is 33.1 Å². The van der Waals surface area contributed by atoms with Gasteiger partial charge in [0.25, 0.3) is 0 Å². The van der Waals surface area contributed by atoms with Crippen molar-refractivity contribution in [1.29, 1.82) is 0 Å². The van der Waals surface area contributed by atoms with Crippen LogP contribution in [0.25, 0.3) is 54.9 Å². The Morgan fingerprint density at radius 2 is 0.573 bits per heavy atom. The molecule has 12 aromatic rings. The van der Waals surface area contributed by atoms with E-state index >= 15 is 0 Å². The van der Waals surface area contributed by atoms with Crippen LogP contribution < -0.4 is 9.80 Å². The quantitative estimate of drug-likeness (QED) is 0.126. The minimum absolute atomic E-state index is 0.689. The molecule has 13 rings (SSSR count). The second kappa shape index (κ2) is 18.7. The third kappa shape index (κ3) is 7.81. The maximum atomic E-state index is 2.53. The van der Waals surface area contributed by atoms with Gasteiger partial charge in [-0.15, -0.1) is 0 Å². The first-order chi connectivity index (χ1) is 36.8. The highest BCUT2D eigenvalue weighted by atomic mass is 15.1. The SMILES string of the molecule is Cc1ccc(N(c2ccc(C)cc2)c2ccc(C3(c4ccc(N(c5ccc(C)cc5)c5ccc(C)cc5)cc4)c4ccccc4-c4ccc(-c5c6ccccc6c(-c6ccccc6)c6ccccc56)cc43)cc2)cc1. The van der Waals surface area contributed by atoms with Crippen LogP contribution in [0, 0.1) is 27.7 Å². The molecule has 1 aliphatic carbocycles. The van der Waals surface area contributed by atoms with Crippen molar-refractivity contribution >= 4 is 55.7 Å². The predicted molar refractivity (Wildman–Crippen MR) is 318 cm³/mol. The predicted octanol–water partition coefficient (Wildman–Crippen LogP) is 19.9. The topological polar surface area (TPSA) is 6.48 Å². The molecule has 1 aliphatic rings. The van der Waals surface area contributed by atoms with Gasteiger partial charge < -0.3 is 9.80 Å². The Balaban J connectivity index is 1.06. The Hall–Kier alpha value is -9.24. The van der Waals surface area contributed by atoms with Gasteiger partial charge in [0.05, 0.1) is 5.41 Å². The maximum Gasteiger partial charge on any atom is 0.0713 e. The number of hydrogen-bond acceptors (Lipinski definition) is 2. The van der Waals surface area contributed by atoms with Crippen LogP contribution >= 0.6 is 0 Å². The molecule has 0 aliphatic heterocycles. The summed E-state index contributed by atoms with van der Waals surface area (Å²) in [4.78, 5) is 4.75. The molecule has 0 atom stereocenters. The lowest BCUT2D eigenvalue weighted by Crippen LogP contribution is -2.29. The third-order valence-electron chi connectivity index (χ3n) is 15.6. The summed E-state index contributed by atoms with van der Waals surface area (Å²) in [5, 5.41) is 4.97. The average molecular weight is 961 g/mol. The molecule has 0 saturated heterocycles. The van der Waals surface area contributed by atoms with Crippen molar-refractivity contribution < 1.29 is 0 Å². The Labute approximate surface area is 441 Å². The van der Waals surface area contributed by atoms with Gasteiger partial charge in [0.1, 0.15) is 0 Å². The van der Waals surface area contributed by atoms with Gasteiger partial charge in [-0.1, -0.05) is 210 Å². The molecule has 0 radical (unpaired) electrons. The first-order valence-electron chi connectivity index (χ1n) is 26.2. The van der Waals surface area contributed by atoms with E-state index in [9.17, 15) is 0 Å². The van der Waals surface area contributed by atoms with Crippen LogP contribution in [0.15, 0.2) is 267 Å². The van der Waals surface area contributed by atoms with Crippen LogP contribution in [0.3, 0.4) is 0 Å². The lowest BCUT2D eigenvalue weighted by atomic mass is 9.67. The van der Waals surface area contributed by atoms with E-state index in [-0.39, 0.29) is 0 Å². The van der Waals surface area contributed by atoms with Crippen LogP contribution in [0.1, 0.15) is 44.5 Å². The molecule has 0 bridgehead atoms. The number of anilines is 6. The van der Waals surface area contributed by atoms with Crippen molar-refractivity contribution in [2.75, 3.05) is 9.80 Å². The fourth-order valence-corrected chi connectivity index (χ4v) is 12.0. The molecule has 0 unspecified atom stereocenters. The van der Waals surface area contributed by atoms with Gasteiger partial charge in [-0.25, -0.2) is 0 Å². The van der Waals surface area contributed by atoms with E-state index in [4.69, 9.17) is 0 Å². The molecule has 0 fully saturated rings. The molecule has 358 valence electrons. The summed E-state index contributed by atoms with van der Waals surface area (Å²) in [6.45, 7) is 8.60. The standard InChI is InChI=1S/C73H56N2/c1-49-22-35-57(36-23-49)74(58-37-24-50(2)25-38-58)61-43-31-55(32-44-61)73(56-33-45-62(46-34-56)75(59-39-26-51(3)27-40-59)60-41-28-52(4)29-42-60)69-21-13-12-16-63(69)64-47-30-54(48-70(64)73)72-67-19-10-8-17-65(67)71(53-14-6-5-7-15-53)66-18-9-11-20-68(66)72/h5-48H,1-4H3. The highest BCUT2D eigenvalue weighted by Crippen LogP contribution is 2.58. The lowest BCUT2D eigenvalue weighted by Gasteiger charge is -2.35. The van der Waals surface area contributed by atoms with Gasteiger partial charge in [0.15, 0.2) is 0 Å². The van der Waals surface area contributed by atoms with E-state index in [1.54, 1.807) is 0 Å². The molecule has 0 saturated carbocycles. The summed E-state index contributed by atoms with van der Waals surface area (Å²) in [5.74, 6) is 0. The second-order valence-electron chi connectivity index (χ2n) is 20.4. The van der Waals surface area contributed by atoms with Crippen LogP contribution in [0.4, 0.5) is 34.1 Å². The van der Waals surface area contributed by atoms with Crippen molar-refractivity contribution in [3.63, 3.8) is 0 Å². The number of rotatable bonds is 10. The lowest BCUT2D eigenvalue weighted by molar-refractivity contribution is 0.769. The Morgan fingerprint density at radius 1 is 0.253 bits per heavy atom. The molecule has 75 heavy (non-hydrogen) atoms. The maximum absolute atomic E-state index is 2.53. The van der Waals surface area contributed by atoms with Gasteiger partial charge in [-0.05, 0) is 184 Å². The number of benzene rings is 12. The third-order valence-corrected chi connectivity index (χ3v) is 15.6. The fourth-order valence-electron chi connectivity index (χ4n) is 12.0. The van der Waals surface area contributed by atoms with E-state index in [2.05, 4.69) is 304 Å². The van der Waals surface area contributed by atoms with Crippen molar-refractivity contribution in [3.05, 3.63) is 311 Å². The zero-order valence-electron chi connectivity index (χ0n) is 42.8. The van der Waals surface area contributed by atoms with Crippen molar-refractivity contribution in [2.24, 2.45) is 0 Å². The zero-order valence-corrected chi connectivity index (χ0v) is 42.8. The molecular weight excluding hydrogens is 905 g/mol. The molecule has 0 heterocycles. The first kappa shape index (κ1) is 45.6. The number of fused-ring (bicyclic) bond motifs is 5. The second-order valence-corrected chi connectivity index (χ2v) is 20.4. The fraction of sp³-hybridized carbons (Fsp3) is 0.0685. The number of nitrogens with zero attached hydrogens (tertiary/aromatic N) is 2. The van der Waals surface area contributed by atoms with Gasteiger partial charge in [0, 0.05) is 34.1 Å². The minimum atomic E-state index is -0.689. The first-order valence-corrected chi connectivity index (χ1v) is 26.2. The molecule has 2 heteroatoms. The summed E-state index contributed by atoms with van der Waals surface area (Å²) in [7, 11) is 0. The summed E-state index contributed by atoms with van der Waals surface area (Å²) in [6.07, 6.45) is 0. The van der Waals surface area contributed by atoms with Crippen molar-refractivity contribution in [1.82, 2.24) is 0 Å². The Kier molecular flexibility index (Phi) is 11.4.